The highest BCUT2D eigenvalue weighted by Gasteiger charge is 2.07. The Morgan fingerprint density at radius 2 is 2.10 bits per heavy atom. The number of hydrogen-bond donors (Lipinski definition) is 1. The van der Waals surface area contributed by atoms with Crippen LogP contribution in [0.4, 0.5) is 0 Å². The molecule has 1 aromatic carbocycles. The lowest BCUT2D eigenvalue weighted by atomic mass is 10.1. The first kappa shape index (κ1) is 14.3. The summed E-state index contributed by atoms with van der Waals surface area (Å²) in [5.41, 5.74) is 2.04. The van der Waals surface area contributed by atoms with E-state index in [0.717, 1.165) is 35.6 Å². The van der Waals surface area contributed by atoms with Gasteiger partial charge in [-0.15, -0.1) is 0 Å². The summed E-state index contributed by atoms with van der Waals surface area (Å²) >= 11 is 0. The molecular weight excluding hydrogens is 250 g/mol. The molecule has 0 radical (unpaired) electrons. The molecule has 0 spiro atoms. The SMILES string of the molecule is CCc1nc(CC)n(Cc2cccc(C#CCO)c2)n1. The summed E-state index contributed by atoms with van der Waals surface area (Å²) in [5.74, 6) is 7.48. The number of rotatable bonds is 4. The molecule has 2 rings (SSSR count). The maximum Gasteiger partial charge on any atom is 0.150 e. The van der Waals surface area contributed by atoms with Gasteiger partial charge in [0.1, 0.15) is 12.4 Å². The van der Waals surface area contributed by atoms with Crippen molar-refractivity contribution in [2.24, 2.45) is 0 Å². The number of hydrogen-bond acceptors (Lipinski definition) is 3. The Hall–Kier alpha value is -2.12. The van der Waals surface area contributed by atoms with Gasteiger partial charge in [0, 0.05) is 18.4 Å². The van der Waals surface area contributed by atoms with Crippen molar-refractivity contribution in [1.29, 1.82) is 0 Å². The van der Waals surface area contributed by atoms with Gasteiger partial charge in [0.05, 0.1) is 6.54 Å². The lowest BCUT2D eigenvalue weighted by molar-refractivity contribution is 0.350. The standard InChI is InChI=1S/C16H19N3O/c1-3-15-17-16(4-2)19(18-15)12-14-8-5-7-13(11-14)9-6-10-20/h5,7-8,11,20H,3-4,10,12H2,1-2H3. The maximum absolute atomic E-state index is 8.73. The van der Waals surface area contributed by atoms with Gasteiger partial charge in [-0.25, -0.2) is 9.67 Å². The largest absolute Gasteiger partial charge is 0.384 e. The number of aryl methyl sites for hydroxylation is 2. The monoisotopic (exact) mass is 269 g/mol. The predicted octanol–water partition coefficient (Wildman–Crippen LogP) is 1.79. The molecule has 1 heterocycles. The van der Waals surface area contributed by atoms with Crippen molar-refractivity contribution in [2.75, 3.05) is 6.61 Å². The van der Waals surface area contributed by atoms with Crippen LogP contribution < -0.4 is 0 Å². The summed E-state index contributed by atoms with van der Waals surface area (Å²) in [4.78, 5) is 4.51. The Morgan fingerprint density at radius 3 is 2.80 bits per heavy atom. The molecule has 2 aromatic rings. The number of aromatic nitrogens is 3. The van der Waals surface area contributed by atoms with Crippen molar-refractivity contribution in [3.05, 3.63) is 47.0 Å². The van der Waals surface area contributed by atoms with Crippen molar-refractivity contribution in [2.45, 2.75) is 33.2 Å². The van der Waals surface area contributed by atoms with Crippen LogP contribution in [-0.4, -0.2) is 26.5 Å². The van der Waals surface area contributed by atoms with Crippen LogP contribution in [0, 0.1) is 11.8 Å². The van der Waals surface area contributed by atoms with E-state index in [2.05, 4.69) is 41.8 Å². The van der Waals surface area contributed by atoms with E-state index in [0.29, 0.717) is 6.54 Å². The molecule has 0 aliphatic heterocycles. The van der Waals surface area contributed by atoms with Gasteiger partial charge in [0.15, 0.2) is 5.82 Å². The van der Waals surface area contributed by atoms with Gasteiger partial charge in [-0.2, -0.15) is 5.10 Å². The average Bonchev–Trinajstić information content (AvgIpc) is 2.87. The van der Waals surface area contributed by atoms with E-state index in [9.17, 15) is 0 Å². The summed E-state index contributed by atoms with van der Waals surface area (Å²) in [6.07, 6.45) is 1.72. The Morgan fingerprint density at radius 1 is 1.25 bits per heavy atom. The van der Waals surface area contributed by atoms with Gasteiger partial charge in [-0.1, -0.05) is 37.8 Å². The van der Waals surface area contributed by atoms with Crippen LogP contribution in [0.5, 0.6) is 0 Å². The first-order chi connectivity index (χ1) is 9.76. The molecule has 0 saturated carbocycles. The van der Waals surface area contributed by atoms with Gasteiger partial charge < -0.3 is 5.11 Å². The van der Waals surface area contributed by atoms with Crippen LogP contribution in [-0.2, 0) is 19.4 Å². The van der Waals surface area contributed by atoms with Crippen LogP contribution in [0.2, 0.25) is 0 Å². The Kier molecular flexibility index (Phi) is 4.91. The average molecular weight is 269 g/mol. The fourth-order valence-corrected chi connectivity index (χ4v) is 2.03. The smallest absolute Gasteiger partial charge is 0.150 e. The summed E-state index contributed by atoms with van der Waals surface area (Å²) < 4.78 is 1.96. The zero-order chi connectivity index (χ0) is 14.4. The molecule has 0 saturated heterocycles. The first-order valence-corrected chi connectivity index (χ1v) is 6.88. The van der Waals surface area contributed by atoms with Gasteiger partial charge >= 0.3 is 0 Å². The van der Waals surface area contributed by atoms with E-state index >= 15 is 0 Å². The number of aliphatic hydroxyl groups is 1. The molecule has 1 aromatic heterocycles. The fraction of sp³-hybridized carbons (Fsp3) is 0.375. The third-order valence-corrected chi connectivity index (χ3v) is 3.00. The molecular formula is C16H19N3O. The van der Waals surface area contributed by atoms with Crippen LogP contribution >= 0.6 is 0 Å². The highest BCUT2D eigenvalue weighted by atomic mass is 16.2. The molecule has 104 valence electrons. The van der Waals surface area contributed by atoms with Crippen molar-refractivity contribution < 1.29 is 5.11 Å². The summed E-state index contributed by atoms with van der Waals surface area (Å²) in [7, 11) is 0. The summed E-state index contributed by atoms with van der Waals surface area (Å²) in [6.45, 7) is 4.73. The Bertz CT molecular complexity index is 635. The molecule has 4 heteroatoms. The van der Waals surface area contributed by atoms with E-state index < -0.39 is 0 Å². The van der Waals surface area contributed by atoms with Gasteiger partial charge in [0.2, 0.25) is 0 Å². The lowest BCUT2D eigenvalue weighted by Gasteiger charge is -2.05. The minimum absolute atomic E-state index is 0.118. The van der Waals surface area contributed by atoms with Gasteiger partial charge in [-0.3, -0.25) is 0 Å². The van der Waals surface area contributed by atoms with Crippen LogP contribution in [0.25, 0.3) is 0 Å². The Labute approximate surface area is 119 Å². The van der Waals surface area contributed by atoms with Crippen LogP contribution in [0.15, 0.2) is 24.3 Å². The first-order valence-electron chi connectivity index (χ1n) is 6.88. The third-order valence-electron chi connectivity index (χ3n) is 3.00. The highest BCUT2D eigenvalue weighted by Crippen LogP contribution is 2.09. The summed E-state index contributed by atoms with van der Waals surface area (Å²) in [6, 6.07) is 7.98. The van der Waals surface area contributed by atoms with E-state index in [1.807, 2.05) is 22.9 Å². The van der Waals surface area contributed by atoms with Crippen molar-refractivity contribution >= 4 is 0 Å². The van der Waals surface area contributed by atoms with E-state index in [1.54, 1.807) is 0 Å². The Balaban J connectivity index is 2.23. The molecule has 0 unspecified atom stereocenters. The third kappa shape index (κ3) is 3.46. The quantitative estimate of drug-likeness (QED) is 0.861. The molecule has 20 heavy (non-hydrogen) atoms. The molecule has 0 atom stereocenters. The zero-order valence-corrected chi connectivity index (χ0v) is 11.9. The number of nitrogens with zero attached hydrogens (tertiary/aromatic N) is 3. The van der Waals surface area contributed by atoms with E-state index in [4.69, 9.17) is 5.11 Å². The van der Waals surface area contributed by atoms with E-state index in [1.165, 1.54) is 0 Å². The second-order valence-corrected chi connectivity index (χ2v) is 4.47. The highest BCUT2D eigenvalue weighted by molar-refractivity contribution is 5.37. The fourth-order valence-electron chi connectivity index (χ4n) is 2.03. The van der Waals surface area contributed by atoms with Gasteiger partial charge in [0.25, 0.3) is 0 Å². The van der Waals surface area contributed by atoms with Crippen molar-refractivity contribution in [3.63, 3.8) is 0 Å². The van der Waals surface area contributed by atoms with Crippen molar-refractivity contribution in [3.8, 4) is 11.8 Å². The molecule has 0 amide bonds. The number of aliphatic hydroxyl groups excluding tert-OH is 1. The van der Waals surface area contributed by atoms with Gasteiger partial charge in [-0.05, 0) is 17.7 Å². The molecule has 0 aliphatic carbocycles. The molecule has 0 bridgehead atoms. The van der Waals surface area contributed by atoms with Crippen LogP contribution in [0.1, 0.15) is 36.6 Å². The molecule has 0 aliphatic rings. The maximum atomic E-state index is 8.73. The zero-order valence-electron chi connectivity index (χ0n) is 11.9. The molecule has 1 N–H and O–H groups in total. The van der Waals surface area contributed by atoms with E-state index in [-0.39, 0.29) is 6.61 Å². The van der Waals surface area contributed by atoms with Crippen LogP contribution in [0.3, 0.4) is 0 Å². The molecule has 0 fully saturated rings. The minimum Gasteiger partial charge on any atom is -0.384 e. The topological polar surface area (TPSA) is 50.9 Å². The molecule has 4 nitrogen and oxygen atoms in total. The predicted molar refractivity (Wildman–Crippen MR) is 78.3 cm³/mol. The normalized spacial score (nSPS) is 10.2. The second kappa shape index (κ2) is 6.88. The summed E-state index contributed by atoms with van der Waals surface area (Å²) in [5, 5.41) is 13.3. The number of benzene rings is 1. The lowest BCUT2D eigenvalue weighted by Crippen LogP contribution is -2.06. The minimum atomic E-state index is -0.118. The van der Waals surface area contributed by atoms with Crippen molar-refractivity contribution in [1.82, 2.24) is 14.8 Å². The second-order valence-electron chi connectivity index (χ2n) is 4.47.